The third-order valence-electron chi connectivity index (χ3n) is 6.51. The Hall–Kier alpha value is -2.50. The monoisotopic (exact) mass is 549 g/mol. The van der Waals surface area contributed by atoms with Gasteiger partial charge in [0.1, 0.15) is 30.2 Å². The van der Waals surface area contributed by atoms with Gasteiger partial charge in [0.05, 0.1) is 12.9 Å². The summed E-state index contributed by atoms with van der Waals surface area (Å²) < 4.78 is 7.77. The highest BCUT2D eigenvalue weighted by Crippen LogP contribution is 2.46. The fourth-order valence-electron chi connectivity index (χ4n) is 4.83. The van der Waals surface area contributed by atoms with Crippen LogP contribution in [0.15, 0.2) is 55.1 Å². The van der Waals surface area contributed by atoms with Gasteiger partial charge in [0.2, 0.25) is 0 Å². The molecule has 5 atom stereocenters. The number of benzene rings is 2. The first-order chi connectivity index (χ1) is 17.2. The number of nitrogens with zero attached hydrogens (tertiary/aromatic N) is 4. The minimum Gasteiger partial charge on any atom is -0.394 e. The molecular weight excluding hydrogens is 529 g/mol. The van der Waals surface area contributed by atoms with Crippen LogP contribution in [0.3, 0.4) is 0 Å². The Morgan fingerprint density at radius 3 is 2.39 bits per heavy atom. The molecule has 0 bridgehead atoms. The molecule has 3 heterocycles. The maximum atomic E-state index is 11.4. The van der Waals surface area contributed by atoms with Crippen molar-refractivity contribution in [2.24, 2.45) is 0 Å². The van der Waals surface area contributed by atoms with Crippen molar-refractivity contribution in [3.8, 4) is 0 Å². The second kappa shape index (κ2) is 9.75. The third-order valence-corrected chi connectivity index (χ3v) is 7.18. The van der Waals surface area contributed by atoms with Crippen LogP contribution in [0, 0.1) is 0 Å². The van der Waals surface area contributed by atoms with Gasteiger partial charge in [0.15, 0.2) is 17.2 Å². The summed E-state index contributed by atoms with van der Waals surface area (Å²) in [6.45, 7) is -0.519. The average molecular weight is 551 g/mol. The number of aliphatic hydroxyl groups is 3. The molecular formula is C24H22Cl3N5O4. The van der Waals surface area contributed by atoms with E-state index in [-0.39, 0.29) is 12.2 Å². The van der Waals surface area contributed by atoms with Crippen molar-refractivity contribution >= 4 is 51.8 Å². The van der Waals surface area contributed by atoms with E-state index in [0.29, 0.717) is 26.2 Å². The zero-order valence-corrected chi connectivity index (χ0v) is 20.9. The van der Waals surface area contributed by atoms with Crippen LogP contribution in [0.2, 0.25) is 15.1 Å². The molecule has 0 amide bonds. The van der Waals surface area contributed by atoms with Crippen molar-refractivity contribution in [1.29, 1.82) is 0 Å². The van der Waals surface area contributed by atoms with Gasteiger partial charge < -0.3 is 25.8 Å². The number of hydrogen-bond donors (Lipinski definition) is 4. The van der Waals surface area contributed by atoms with E-state index in [1.165, 1.54) is 17.2 Å². The minimum absolute atomic E-state index is 0.0636. The number of halogens is 3. The maximum absolute atomic E-state index is 11.4. The molecule has 4 aromatic rings. The first-order valence-corrected chi connectivity index (χ1v) is 12.2. The van der Waals surface area contributed by atoms with Gasteiger partial charge in [0, 0.05) is 27.4 Å². The molecule has 2 aromatic carbocycles. The Labute approximate surface area is 221 Å². The SMILES string of the molecule is Nc1ncnc2c1ncn2[C@]1(CC(c2cccc(Cl)c2)c2cc(Cl)cc(Cl)c2)O[C@H](CO)[C@@H](O)[C@H]1O. The average Bonchev–Trinajstić information content (AvgIpc) is 3.38. The van der Waals surface area contributed by atoms with Gasteiger partial charge in [-0.05, 0) is 41.5 Å². The Bertz CT molecular complexity index is 1400. The number of ether oxygens (including phenoxy) is 1. The fourth-order valence-corrected chi connectivity index (χ4v) is 5.58. The topological polar surface area (TPSA) is 140 Å². The Balaban J connectivity index is 1.73. The van der Waals surface area contributed by atoms with Crippen molar-refractivity contribution in [2.75, 3.05) is 12.3 Å². The molecule has 2 aromatic heterocycles. The molecule has 1 saturated heterocycles. The summed E-state index contributed by atoms with van der Waals surface area (Å²) in [7, 11) is 0. The Kier molecular flexibility index (Phi) is 6.82. The van der Waals surface area contributed by atoms with E-state index in [9.17, 15) is 15.3 Å². The fraction of sp³-hybridized carbons (Fsp3) is 0.292. The third kappa shape index (κ3) is 4.31. The number of nitrogen functional groups attached to an aromatic ring is 1. The second-order valence-electron chi connectivity index (χ2n) is 8.68. The molecule has 5 N–H and O–H groups in total. The molecule has 0 spiro atoms. The first-order valence-electron chi connectivity index (χ1n) is 11.0. The first kappa shape index (κ1) is 25.2. The van der Waals surface area contributed by atoms with E-state index in [2.05, 4.69) is 15.0 Å². The molecule has 9 nitrogen and oxygen atoms in total. The lowest BCUT2D eigenvalue weighted by Gasteiger charge is -2.37. The predicted octanol–water partition coefficient (Wildman–Crippen LogP) is 3.36. The van der Waals surface area contributed by atoms with Crippen LogP contribution in [0.25, 0.3) is 11.2 Å². The number of aliphatic hydroxyl groups excluding tert-OH is 3. The Morgan fingerprint density at radius 2 is 1.72 bits per heavy atom. The number of fused-ring (bicyclic) bond motifs is 1. The van der Waals surface area contributed by atoms with E-state index in [1.807, 2.05) is 6.07 Å². The Morgan fingerprint density at radius 1 is 1.00 bits per heavy atom. The van der Waals surface area contributed by atoms with Gasteiger partial charge in [0.25, 0.3) is 0 Å². The van der Waals surface area contributed by atoms with Crippen molar-refractivity contribution < 1.29 is 20.1 Å². The normalized spacial score (nSPS) is 24.9. The lowest BCUT2D eigenvalue weighted by atomic mass is 9.82. The maximum Gasteiger partial charge on any atom is 0.177 e. The van der Waals surface area contributed by atoms with Crippen LogP contribution in [0.4, 0.5) is 5.82 Å². The van der Waals surface area contributed by atoms with E-state index in [1.54, 1.807) is 36.4 Å². The van der Waals surface area contributed by atoms with Crippen LogP contribution < -0.4 is 5.73 Å². The molecule has 1 fully saturated rings. The van der Waals surface area contributed by atoms with Crippen LogP contribution in [0.1, 0.15) is 23.5 Å². The molecule has 1 aliphatic heterocycles. The van der Waals surface area contributed by atoms with Crippen LogP contribution in [-0.4, -0.2) is 59.8 Å². The number of imidazole rings is 1. The largest absolute Gasteiger partial charge is 0.394 e. The van der Waals surface area contributed by atoms with Gasteiger partial charge >= 0.3 is 0 Å². The summed E-state index contributed by atoms with van der Waals surface area (Å²) in [6, 6.07) is 12.4. The van der Waals surface area contributed by atoms with Crippen molar-refractivity contribution in [1.82, 2.24) is 19.5 Å². The molecule has 1 unspecified atom stereocenters. The zero-order chi connectivity index (χ0) is 25.6. The molecule has 0 aliphatic carbocycles. The van der Waals surface area contributed by atoms with Gasteiger partial charge in [-0.25, -0.2) is 15.0 Å². The highest BCUT2D eigenvalue weighted by molar-refractivity contribution is 6.34. The quantitative estimate of drug-likeness (QED) is 0.287. The standard InChI is InChI=1S/C24H22Cl3N5O4/c25-14-3-1-2-12(4-14)17(13-5-15(26)7-16(27)6-13)8-24(21(35)20(34)18(9-33)36-24)32-11-31-19-22(28)29-10-30-23(19)32/h1-7,10-11,17-18,20-21,33-35H,8-9H2,(H2,28,29,30)/t17?,18-,20-,21-,24-/m1/s1. The van der Waals surface area contributed by atoms with Gasteiger partial charge in [-0.3, -0.25) is 4.57 Å². The van der Waals surface area contributed by atoms with Crippen molar-refractivity contribution in [3.63, 3.8) is 0 Å². The molecule has 1 aliphatic rings. The van der Waals surface area contributed by atoms with Crippen molar-refractivity contribution in [2.45, 2.75) is 36.4 Å². The van der Waals surface area contributed by atoms with E-state index >= 15 is 0 Å². The van der Waals surface area contributed by atoms with E-state index in [4.69, 9.17) is 45.3 Å². The van der Waals surface area contributed by atoms with Crippen LogP contribution >= 0.6 is 34.8 Å². The summed E-state index contributed by atoms with van der Waals surface area (Å²) in [5.74, 6) is -0.329. The second-order valence-corrected chi connectivity index (χ2v) is 9.99. The molecule has 12 heteroatoms. The summed E-state index contributed by atoms with van der Waals surface area (Å²) in [4.78, 5) is 12.6. The molecule has 36 heavy (non-hydrogen) atoms. The summed E-state index contributed by atoms with van der Waals surface area (Å²) in [5, 5.41) is 33.5. The number of nitrogens with two attached hydrogens (primary N) is 1. The molecule has 5 rings (SSSR count). The minimum atomic E-state index is -1.62. The van der Waals surface area contributed by atoms with Gasteiger partial charge in [-0.2, -0.15) is 0 Å². The van der Waals surface area contributed by atoms with Gasteiger partial charge in [-0.15, -0.1) is 0 Å². The van der Waals surface area contributed by atoms with Crippen LogP contribution in [0.5, 0.6) is 0 Å². The van der Waals surface area contributed by atoms with Crippen LogP contribution in [-0.2, 0) is 10.5 Å². The van der Waals surface area contributed by atoms with E-state index < -0.39 is 36.6 Å². The number of rotatable bonds is 6. The summed E-state index contributed by atoms with van der Waals surface area (Å²) in [6.07, 6.45) is -1.18. The lowest BCUT2D eigenvalue weighted by molar-refractivity contribution is -0.152. The highest BCUT2D eigenvalue weighted by Gasteiger charge is 2.57. The smallest absolute Gasteiger partial charge is 0.177 e. The predicted molar refractivity (Wildman–Crippen MR) is 136 cm³/mol. The highest BCUT2D eigenvalue weighted by atomic mass is 35.5. The molecule has 0 saturated carbocycles. The molecule has 188 valence electrons. The van der Waals surface area contributed by atoms with E-state index in [0.717, 1.165) is 11.1 Å². The van der Waals surface area contributed by atoms with Gasteiger partial charge in [-0.1, -0.05) is 46.9 Å². The number of anilines is 1. The molecule has 0 radical (unpaired) electrons. The number of hydrogen-bond acceptors (Lipinski definition) is 8. The summed E-state index contributed by atoms with van der Waals surface area (Å²) in [5.41, 5.74) is 6.49. The number of aromatic nitrogens is 4. The van der Waals surface area contributed by atoms with Crippen molar-refractivity contribution in [3.05, 3.63) is 81.3 Å². The summed E-state index contributed by atoms with van der Waals surface area (Å²) >= 11 is 19.0. The zero-order valence-electron chi connectivity index (χ0n) is 18.7. The lowest BCUT2D eigenvalue weighted by Crippen LogP contribution is -2.46.